The maximum absolute atomic E-state index is 11.1. The van der Waals surface area contributed by atoms with Crippen molar-refractivity contribution in [3.63, 3.8) is 0 Å². The molecule has 6 heteroatoms. The number of hydrogen-bond acceptors (Lipinski definition) is 3. The number of hydrogen-bond donors (Lipinski definition) is 2. The van der Waals surface area contributed by atoms with Crippen LogP contribution in [0.1, 0.15) is 0 Å². The predicted octanol–water partition coefficient (Wildman–Crippen LogP) is 0.138. The maximum Gasteiger partial charge on any atom is 0.241 e. The molecule has 0 bridgehead atoms. The van der Waals surface area contributed by atoms with Crippen LogP contribution in [0.25, 0.3) is 0 Å². The van der Waals surface area contributed by atoms with E-state index in [9.17, 15) is 12.9 Å². The van der Waals surface area contributed by atoms with Gasteiger partial charge in [0.25, 0.3) is 0 Å². The van der Waals surface area contributed by atoms with E-state index in [1.165, 1.54) is 0 Å². The van der Waals surface area contributed by atoms with Crippen LogP contribution in [0.5, 0.6) is 0 Å². The molecule has 0 fully saturated rings. The monoisotopic (exact) mass is 156 g/mol. The Kier molecular flexibility index (Phi) is 5.58. The second-order valence-electron chi connectivity index (χ2n) is 1.15. The zero-order valence-corrected chi connectivity index (χ0v) is 5.62. The van der Waals surface area contributed by atoms with E-state index < -0.39 is 10.0 Å². The second kappa shape index (κ2) is 4.42. The van der Waals surface area contributed by atoms with Crippen molar-refractivity contribution in [2.75, 3.05) is 5.75 Å². The van der Waals surface area contributed by atoms with Crippen LogP contribution < -0.4 is 11.1 Å². The molecule has 0 aliphatic carbocycles. The molecule has 0 spiro atoms. The highest BCUT2D eigenvalue weighted by Crippen LogP contribution is 1.81. The standard InChI is InChI=1S/C3H6FNO2S.H3N/c1-2-3-8(6,7)5-4;/h2,5H,1,3H2;1H3. The van der Waals surface area contributed by atoms with E-state index in [2.05, 4.69) is 6.58 Å². The van der Waals surface area contributed by atoms with Crippen LogP contribution >= 0.6 is 0 Å². The molecule has 0 amide bonds. The van der Waals surface area contributed by atoms with Gasteiger partial charge in [-0.05, 0) is 0 Å². The molecule has 56 valence electrons. The Bertz CT molecular complexity index is 165. The summed E-state index contributed by atoms with van der Waals surface area (Å²) in [5.74, 6) is -0.385. The summed E-state index contributed by atoms with van der Waals surface area (Å²) in [5.41, 5.74) is 0. The second-order valence-corrected chi connectivity index (χ2v) is 2.86. The Hall–Kier alpha value is -0.460. The summed E-state index contributed by atoms with van der Waals surface area (Å²) in [6.45, 7) is 3.11. The van der Waals surface area contributed by atoms with Gasteiger partial charge in [-0.3, -0.25) is 0 Å². The van der Waals surface area contributed by atoms with E-state index in [-0.39, 0.29) is 11.9 Å². The summed E-state index contributed by atoms with van der Waals surface area (Å²) >= 11 is 0. The number of nitrogens with one attached hydrogen (secondary N) is 1. The Balaban J connectivity index is 0. The summed E-state index contributed by atoms with van der Waals surface area (Å²) in [7, 11) is -3.70. The van der Waals surface area contributed by atoms with Crippen molar-refractivity contribution in [2.45, 2.75) is 0 Å². The quantitative estimate of drug-likeness (QED) is 0.450. The van der Waals surface area contributed by atoms with Crippen LogP contribution in [0.15, 0.2) is 12.7 Å². The molecule has 4 nitrogen and oxygen atoms in total. The third kappa shape index (κ3) is 5.41. The molecule has 0 aromatic carbocycles. The van der Waals surface area contributed by atoms with Gasteiger partial charge < -0.3 is 6.15 Å². The largest absolute Gasteiger partial charge is 0.344 e. The number of sulfonamides is 1. The molecule has 0 radical (unpaired) electrons. The first-order chi connectivity index (χ1) is 3.62. The van der Waals surface area contributed by atoms with E-state index in [1.807, 2.05) is 0 Å². The molecular weight excluding hydrogens is 147 g/mol. The summed E-state index contributed by atoms with van der Waals surface area (Å²) in [4.78, 5) is 0.643. The molecule has 0 aromatic heterocycles. The maximum atomic E-state index is 11.1. The minimum atomic E-state index is -3.70. The van der Waals surface area contributed by atoms with E-state index >= 15 is 0 Å². The highest BCUT2D eigenvalue weighted by atomic mass is 32.2. The zero-order chi connectivity index (χ0) is 6.62. The first-order valence-electron chi connectivity index (χ1n) is 1.83. The first-order valence-corrected chi connectivity index (χ1v) is 3.48. The van der Waals surface area contributed by atoms with Gasteiger partial charge in [-0.2, -0.15) is 0 Å². The van der Waals surface area contributed by atoms with Gasteiger partial charge in [-0.1, -0.05) is 11.0 Å². The molecule has 0 saturated carbocycles. The van der Waals surface area contributed by atoms with Gasteiger partial charge in [0, 0.05) is 0 Å². The average molecular weight is 156 g/mol. The molecule has 0 rings (SSSR count). The summed E-state index contributed by atoms with van der Waals surface area (Å²) in [6, 6.07) is 0. The van der Waals surface area contributed by atoms with Crippen LogP contribution in [0.3, 0.4) is 0 Å². The van der Waals surface area contributed by atoms with Crippen molar-refractivity contribution >= 4 is 10.0 Å². The molecular formula is C3H9FN2O2S. The van der Waals surface area contributed by atoms with Gasteiger partial charge in [-0.25, -0.2) is 8.42 Å². The fourth-order valence-corrected chi connectivity index (χ4v) is 0.560. The van der Waals surface area contributed by atoms with Gasteiger partial charge in [0.15, 0.2) is 0 Å². The van der Waals surface area contributed by atoms with Crippen LogP contribution in [-0.4, -0.2) is 14.2 Å². The highest BCUT2D eigenvalue weighted by Gasteiger charge is 2.03. The lowest BCUT2D eigenvalue weighted by molar-refractivity contribution is 0.427. The average Bonchev–Trinajstić information content (AvgIpc) is 1.67. The normalized spacial score (nSPS) is 9.89. The predicted molar refractivity (Wildman–Crippen MR) is 33.2 cm³/mol. The zero-order valence-electron chi connectivity index (χ0n) is 4.80. The Morgan fingerprint density at radius 3 is 2.22 bits per heavy atom. The van der Waals surface area contributed by atoms with Crippen molar-refractivity contribution in [3.8, 4) is 0 Å². The van der Waals surface area contributed by atoms with Gasteiger partial charge in [-0.15, -0.1) is 11.1 Å². The fourth-order valence-electron chi connectivity index (χ4n) is 0.187. The molecule has 0 aliphatic heterocycles. The lowest BCUT2D eigenvalue weighted by Crippen LogP contribution is -2.16. The minimum absolute atomic E-state index is 0. The van der Waals surface area contributed by atoms with Gasteiger partial charge in [0.05, 0.1) is 5.75 Å². The third-order valence-electron chi connectivity index (χ3n) is 0.455. The van der Waals surface area contributed by atoms with Gasteiger partial charge in [0.2, 0.25) is 10.0 Å². The van der Waals surface area contributed by atoms with Gasteiger partial charge >= 0.3 is 0 Å². The van der Waals surface area contributed by atoms with E-state index in [4.69, 9.17) is 0 Å². The molecule has 4 N–H and O–H groups in total. The van der Waals surface area contributed by atoms with Crippen molar-refractivity contribution < 1.29 is 12.9 Å². The Labute approximate surface area is 53.3 Å². The lowest BCUT2D eigenvalue weighted by Gasteiger charge is -1.89. The summed E-state index contributed by atoms with van der Waals surface area (Å²) < 4.78 is 31.2. The molecule has 0 aromatic rings. The summed E-state index contributed by atoms with van der Waals surface area (Å²) in [6.07, 6.45) is 1.10. The van der Waals surface area contributed by atoms with Crippen LogP contribution in [0.4, 0.5) is 4.48 Å². The van der Waals surface area contributed by atoms with Crippen molar-refractivity contribution in [1.29, 1.82) is 0 Å². The van der Waals surface area contributed by atoms with Crippen molar-refractivity contribution in [3.05, 3.63) is 12.7 Å². The van der Waals surface area contributed by atoms with Gasteiger partial charge in [0.1, 0.15) is 0 Å². The topological polar surface area (TPSA) is 81.2 Å². The summed E-state index contributed by atoms with van der Waals surface area (Å²) in [5, 5.41) is 0. The van der Waals surface area contributed by atoms with E-state index in [0.717, 1.165) is 6.08 Å². The number of rotatable bonds is 3. The number of halogens is 1. The van der Waals surface area contributed by atoms with Crippen LogP contribution in [0, 0.1) is 0 Å². The third-order valence-corrected chi connectivity index (χ3v) is 1.36. The van der Waals surface area contributed by atoms with E-state index in [0.29, 0.717) is 4.94 Å². The highest BCUT2D eigenvalue weighted by molar-refractivity contribution is 7.89. The molecule has 0 unspecified atom stereocenters. The first kappa shape index (κ1) is 11.4. The van der Waals surface area contributed by atoms with Crippen LogP contribution in [-0.2, 0) is 10.0 Å². The SMILES string of the molecule is C=CCS(=O)(=O)NF.N. The van der Waals surface area contributed by atoms with E-state index in [1.54, 1.807) is 0 Å². The molecule has 0 heterocycles. The Morgan fingerprint density at radius 1 is 1.67 bits per heavy atom. The Morgan fingerprint density at radius 2 is 2.11 bits per heavy atom. The fraction of sp³-hybridized carbons (Fsp3) is 0.333. The minimum Gasteiger partial charge on any atom is -0.344 e. The molecule has 0 atom stereocenters. The van der Waals surface area contributed by atoms with Crippen LogP contribution in [0.2, 0.25) is 0 Å². The lowest BCUT2D eigenvalue weighted by atomic mass is 10.8. The van der Waals surface area contributed by atoms with Crippen molar-refractivity contribution in [2.24, 2.45) is 0 Å². The smallest absolute Gasteiger partial charge is 0.241 e. The molecule has 0 saturated heterocycles. The van der Waals surface area contributed by atoms with Crippen molar-refractivity contribution in [1.82, 2.24) is 11.1 Å². The molecule has 0 aliphatic rings. The molecule has 9 heavy (non-hydrogen) atoms.